The summed E-state index contributed by atoms with van der Waals surface area (Å²) in [6.45, 7) is 1.21. The van der Waals surface area contributed by atoms with Crippen molar-refractivity contribution >= 4 is 28.9 Å². The van der Waals surface area contributed by atoms with Gasteiger partial charge in [-0.1, -0.05) is 23.7 Å². The van der Waals surface area contributed by atoms with E-state index in [2.05, 4.69) is 4.98 Å². The minimum absolute atomic E-state index is 0.0478. The van der Waals surface area contributed by atoms with E-state index in [1.165, 1.54) is 39.7 Å². The number of nitrogens with zero attached hydrogens (tertiary/aromatic N) is 4. The van der Waals surface area contributed by atoms with Crippen LogP contribution in [0.1, 0.15) is 10.4 Å². The molecule has 2 aromatic heterocycles. The van der Waals surface area contributed by atoms with Gasteiger partial charge in [0.1, 0.15) is 13.1 Å². The molecule has 1 aliphatic heterocycles. The van der Waals surface area contributed by atoms with Gasteiger partial charge < -0.3 is 5.11 Å². The maximum atomic E-state index is 13.1. The van der Waals surface area contributed by atoms with E-state index in [1.54, 1.807) is 6.20 Å². The van der Waals surface area contributed by atoms with Gasteiger partial charge in [0, 0.05) is 12.1 Å². The molecule has 6 nitrogen and oxygen atoms in total. The molecular formula is C18H14ClF3N4O2S. The third kappa shape index (κ3) is 3.46. The van der Waals surface area contributed by atoms with Gasteiger partial charge in [-0.05, 0) is 17.7 Å². The number of rotatable bonds is 3. The van der Waals surface area contributed by atoms with E-state index < -0.39 is 23.2 Å². The third-order valence-electron chi connectivity index (χ3n) is 4.75. The molecule has 0 bridgehead atoms. The fourth-order valence-corrected chi connectivity index (χ4v) is 4.45. The number of hydrogen-bond donors (Lipinski definition) is 0. The van der Waals surface area contributed by atoms with Crippen LogP contribution in [-0.4, -0.2) is 16.1 Å². The van der Waals surface area contributed by atoms with E-state index >= 15 is 0 Å². The summed E-state index contributed by atoms with van der Waals surface area (Å²) in [5.41, 5.74) is -1.84. The van der Waals surface area contributed by atoms with E-state index in [9.17, 15) is 23.1 Å². The number of halogens is 4. The molecule has 152 valence electrons. The molecule has 0 unspecified atom stereocenters. The van der Waals surface area contributed by atoms with Gasteiger partial charge >= 0.3 is 17.7 Å². The predicted octanol–water partition coefficient (Wildman–Crippen LogP) is 2.56. The number of alkyl halides is 3. The van der Waals surface area contributed by atoms with Crippen molar-refractivity contribution < 1.29 is 22.8 Å². The van der Waals surface area contributed by atoms with Crippen LogP contribution in [0.3, 0.4) is 0 Å². The molecule has 0 aliphatic carbocycles. The lowest BCUT2D eigenvalue weighted by Crippen LogP contribution is -2.44. The second-order valence-electron chi connectivity index (χ2n) is 6.58. The van der Waals surface area contributed by atoms with Crippen molar-refractivity contribution in [2.45, 2.75) is 19.3 Å². The molecule has 11 heteroatoms. The summed E-state index contributed by atoms with van der Waals surface area (Å²) in [6, 6.07) is 4.26. The van der Waals surface area contributed by atoms with Crippen LogP contribution < -0.4 is 20.1 Å². The number of aromatic nitrogens is 3. The zero-order valence-electron chi connectivity index (χ0n) is 15.0. The summed E-state index contributed by atoms with van der Waals surface area (Å²) in [7, 11) is 1.50. The maximum Gasteiger partial charge on any atom is 0.416 e. The molecule has 3 aromatic rings. The van der Waals surface area contributed by atoms with Crippen LogP contribution in [-0.2, 0) is 26.3 Å². The Morgan fingerprint density at radius 2 is 2.10 bits per heavy atom. The Labute approximate surface area is 172 Å². The minimum atomic E-state index is -4.57. The van der Waals surface area contributed by atoms with Crippen molar-refractivity contribution in [3.63, 3.8) is 0 Å². The molecule has 0 spiro atoms. The number of fused-ring (bicyclic) bond motifs is 1. The molecule has 4 rings (SSSR count). The highest BCUT2D eigenvalue weighted by Gasteiger charge is 2.35. The molecule has 0 saturated carbocycles. The quantitative estimate of drug-likeness (QED) is 0.585. The van der Waals surface area contributed by atoms with Crippen LogP contribution in [0.4, 0.5) is 19.1 Å². The molecule has 0 N–H and O–H groups in total. The number of benzene rings is 1. The van der Waals surface area contributed by atoms with Gasteiger partial charge in [0.25, 0.3) is 0 Å². The highest BCUT2D eigenvalue weighted by Crippen LogP contribution is 2.33. The van der Waals surface area contributed by atoms with E-state index in [-0.39, 0.29) is 11.1 Å². The summed E-state index contributed by atoms with van der Waals surface area (Å²) >= 11 is 7.16. The monoisotopic (exact) mass is 442 g/mol. The van der Waals surface area contributed by atoms with Crippen LogP contribution in [0.25, 0.3) is 11.1 Å². The molecule has 0 amide bonds. The second-order valence-corrected chi connectivity index (χ2v) is 8.27. The number of anilines is 1. The summed E-state index contributed by atoms with van der Waals surface area (Å²) in [4.78, 5) is 19.7. The Bertz CT molecular complexity index is 1160. The van der Waals surface area contributed by atoms with E-state index in [1.807, 2.05) is 4.90 Å². The van der Waals surface area contributed by atoms with Crippen LogP contribution in [0.15, 0.2) is 35.3 Å². The van der Waals surface area contributed by atoms with Crippen molar-refractivity contribution in [3.05, 3.63) is 55.7 Å². The minimum Gasteiger partial charge on any atom is -0.848 e. The van der Waals surface area contributed by atoms with Crippen molar-refractivity contribution in [2.75, 3.05) is 11.4 Å². The first-order valence-corrected chi connectivity index (χ1v) is 9.73. The summed E-state index contributed by atoms with van der Waals surface area (Å²) in [5, 5.41) is 12.9. The lowest BCUT2D eigenvalue weighted by molar-refractivity contribution is -0.705. The lowest BCUT2D eigenvalue weighted by atomic mass is 10.0. The van der Waals surface area contributed by atoms with Gasteiger partial charge in [0.15, 0.2) is 4.47 Å². The second kappa shape index (κ2) is 7.03. The van der Waals surface area contributed by atoms with Gasteiger partial charge in [0.2, 0.25) is 0 Å². The maximum absolute atomic E-state index is 13.1. The average Bonchev–Trinajstić information content (AvgIpc) is 3.26. The largest absolute Gasteiger partial charge is 0.848 e. The Morgan fingerprint density at radius 3 is 2.76 bits per heavy atom. The molecule has 1 aromatic carbocycles. The molecule has 0 fully saturated rings. The molecule has 0 atom stereocenters. The SMILES string of the molecule is C[n+]1c([O-])c(-c2cccc(C(F)(F)F)c2)c(=O)n2c1N(Cc1cnc(Cl)s1)CC2. The third-order valence-corrected chi connectivity index (χ3v) is 5.85. The van der Waals surface area contributed by atoms with Gasteiger partial charge in [-0.3, -0.25) is 9.69 Å². The molecule has 0 radical (unpaired) electrons. The summed E-state index contributed by atoms with van der Waals surface area (Å²) < 4.78 is 42.3. The first kappa shape index (κ1) is 19.7. The van der Waals surface area contributed by atoms with E-state index in [0.29, 0.717) is 30.0 Å². The first-order chi connectivity index (χ1) is 13.7. The average molecular weight is 443 g/mol. The van der Waals surface area contributed by atoms with Gasteiger partial charge in [-0.25, -0.2) is 9.55 Å². The predicted molar refractivity (Wildman–Crippen MR) is 99.9 cm³/mol. The summed E-state index contributed by atoms with van der Waals surface area (Å²) in [6.07, 6.45) is -2.94. The molecule has 3 heterocycles. The highest BCUT2D eigenvalue weighted by molar-refractivity contribution is 7.15. The smallest absolute Gasteiger partial charge is 0.416 e. The fraction of sp³-hybridized carbons (Fsp3) is 0.278. The molecule has 0 saturated heterocycles. The number of thiazole rings is 1. The van der Waals surface area contributed by atoms with Crippen molar-refractivity contribution in [1.29, 1.82) is 0 Å². The van der Waals surface area contributed by atoms with Crippen molar-refractivity contribution in [1.82, 2.24) is 9.55 Å². The van der Waals surface area contributed by atoms with Crippen molar-refractivity contribution in [2.24, 2.45) is 7.05 Å². The van der Waals surface area contributed by atoms with Gasteiger partial charge in [-0.2, -0.15) is 17.7 Å². The zero-order valence-corrected chi connectivity index (χ0v) is 16.6. The highest BCUT2D eigenvalue weighted by atomic mass is 35.5. The summed E-state index contributed by atoms with van der Waals surface area (Å²) in [5.74, 6) is -0.241. The first-order valence-electron chi connectivity index (χ1n) is 8.53. The van der Waals surface area contributed by atoms with Gasteiger partial charge in [0.05, 0.1) is 29.6 Å². The standard InChI is InChI=1S/C18H14ClF3N4O2S/c1-24-14(27)13(10-3-2-4-11(7-10)18(20,21)22)15(28)26-6-5-25(17(24)26)9-12-8-23-16(19)29-12/h2-4,7-8H,5-6,9H2,1H3. The Hall–Kier alpha value is -2.59. The fourth-order valence-electron chi connectivity index (χ4n) is 3.45. The van der Waals surface area contributed by atoms with Crippen LogP contribution in [0.5, 0.6) is 5.88 Å². The van der Waals surface area contributed by atoms with Crippen LogP contribution in [0, 0.1) is 0 Å². The molecule has 1 aliphatic rings. The van der Waals surface area contributed by atoms with E-state index in [0.717, 1.165) is 17.0 Å². The normalized spacial score (nSPS) is 13.8. The number of hydrogen-bond acceptors (Lipinski definition) is 5. The topological polar surface area (TPSA) is 65.1 Å². The van der Waals surface area contributed by atoms with Crippen LogP contribution >= 0.6 is 22.9 Å². The molecular weight excluding hydrogens is 429 g/mol. The Morgan fingerprint density at radius 1 is 1.34 bits per heavy atom. The molecule has 29 heavy (non-hydrogen) atoms. The lowest BCUT2D eigenvalue weighted by Gasteiger charge is -2.20. The van der Waals surface area contributed by atoms with Crippen molar-refractivity contribution in [3.8, 4) is 17.0 Å². The van der Waals surface area contributed by atoms with Crippen LogP contribution in [0.2, 0.25) is 4.47 Å². The zero-order chi connectivity index (χ0) is 20.9. The van der Waals surface area contributed by atoms with Gasteiger partial charge in [-0.15, -0.1) is 11.3 Å². The van der Waals surface area contributed by atoms with E-state index in [4.69, 9.17) is 11.6 Å². The Kier molecular flexibility index (Phi) is 4.78. The Balaban J connectivity index is 1.81.